The molecular formula is C15H23N5O. The molecule has 0 aliphatic rings. The van der Waals surface area contributed by atoms with Crippen molar-refractivity contribution in [3.63, 3.8) is 0 Å². The molecule has 21 heavy (non-hydrogen) atoms. The monoisotopic (exact) mass is 289 g/mol. The first kappa shape index (κ1) is 15.3. The molecule has 0 aliphatic carbocycles. The second-order valence-corrected chi connectivity index (χ2v) is 5.28. The van der Waals surface area contributed by atoms with Gasteiger partial charge in [0.25, 0.3) is 0 Å². The Morgan fingerprint density at radius 1 is 1.52 bits per heavy atom. The van der Waals surface area contributed by atoms with Gasteiger partial charge >= 0.3 is 0 Å². The largest absolute Gasteiger partial charge is 0.383 e. The average Bonchev–Trinajstić information content (AvgIpc) is 2.72. The number of imidazole rings is 1. The number of aliphatic imine (C=N–C) groups is 1. The summed E-state index contributed by atoms with van der Waals surface area (Å²) in [5, 5.41) is 3.08. The van der Waals surface area contributed by atoms with Gasteiger partial charge in [0, 0.05) is 20.2 Å². The zero-order chi connectivity index (χ0) is 15.4. The van der Waals surface area contributed by atoms with Crippen molar-refractivity contribution in [1.82, 2.24) is 14.9 Å². The molecule has 6 nitrogen and oxygen atoms in total. The molecular weight excluding hydrogens is 266 g/mol. The molecule has 0 aliphatic heterocycles. The predicted octanol–water partition coefficient (Wildman–Crippen LogP) is 1.32. The van der Waals surface area contributed by atoms with E-state index in [0.717, 1.165) is 16.9 Å². The van der Waals surface area contributed by atoms with Gasteiger partial charge in [0.15, 0.2) is 5.96 Å². The Hall–Kier alpha value is -2.08. The molecule has 0 saturated heterocycles. The first-order valence-electron chi connectivity index (χ1n) is 6.98. The first-order chi connectivity index (χ1) is 10.0. The number of hydrogen-bond acceptors (Lipinski definition) is 3. The van der Waals surface area contributed by atoms with Crippen LogP contribution in [0.25, 0.3) is 11.0 Å². The summed E-state index contributed by atoms with van der Waals surface area (Å²) in [7, 11) is 3.65. The van der Waals surface area contributed by atoms with Gasteiger partial charge < -0.3 is 20.4 Å². The van der Waals surface area contributed by atoms with E-state index in [4.69, 9.17) is 10.5 Å². The van der Waals surface area contributed by atoms with E-state index in [1.807, 2.05) is 18.5 Å². The highest BCUT2D eigenvalue weighted by molar-refractivity contribution is 5.78. The molecule has 1 heterocycles. The Labute approximate surface area is 125 Å². The molecule has 0 radical (unpaired) electrons. The number of guanidine groups is 1. The normalized spacial score (nSPS) is 13.6. The maximum atomic E-state index is 5.87. The highest BCUT2D eigenvalue weighted by atomic mass is 16.5. The van der Waals surface area contributed by atoms with E-state index in [2.05, 4.69) is 40.4 Å². The van der Waals surface area contributed by atoms with Gasteiger partial charge in [0.1, 0.15) is 12.4 Å². The van der Waals surface area contributed by atoms with Crippen LogP contribution in [0.4, 0.5) is 0 Å². The predicted molar refractivity (Wildman–Crippen MR) is 85.3 cm³/mol. The number of aryl methyl sites for hydroxylation is 2. The van der Waals surface area contributed by atoms with Gasteiger partial charge in [-0.25, -0.2) is 9.98 Å². The molecule has 1 aromatic carbocycles. The third kappa shape index (κ3) is 3.72. The summed E-state index contributed by atoms with van der Waals surface area (Å²) in [5.74, 6) is 1.29. The van der Waals surface area contributed by atoms with Crippen molar-refractivity contribution in [3.8, 4) is 0 Å². The second-order valence-electron chi connectivity index (χ2n) is 5.28. The zero-order valence-electron chi connectivity index (χ0n) is 13.1. The maximum absolute atomic E-state index is 5.87. The summed E-state index contributed by atoms with van der Waals surface area (Å²) < 4.78 is 7.09. The van der Waals surface area contributed by atoms with Gasteiger partial charge in [-0.3, -0.25) is 0 Å². The molecule has 0 fully saturated rings. The molecule has 3 N–H and O–H groups in total. The summed E-state index contributed by atoms with van der Waals surface area (Å²) >= 11 is 0. The molecule has 6 heteroatoms. The van der Waals surface area contributed by atoms with E-state index in [9.17, 15) is 0 Å². The number of nitrogens with zero attached hydrogens (tertiary/aromatic N) is 3. The van der Waals surface area contributed by atoms with Crippen molar-refractivity contribution in [2.45, 2.75) is 26.4 Å². The van der Waals surface area contributed by atoms with Crippen molar-refractivity contribution < 1.29 is 4.74 Å². The molecule has 0 amide bonds. The summed E-state index contributed by atoms with van der Waals surface area (Å²) in [6.45, 7) is 5.08. The SMILES string of the molecule is COCC(C)NC(N)=NCc1nc2cc(C)ccc2n1C. The van der Waals surface area contributed by atoms with Crippen LogP contribution in [0, 0.1) is 6.92 Å². The van der Waals surface area contributed by atoms with Gasteiger partial charge in [-0.2, -0.15) is 0 Å². The number of hydrogen-bond donors (Lipinski definition) is 2. The number of nitrogens with one attached hydrogen (secondary N) is 1. The molecule has 0 spiro atoms. The van der Waals surface area contributed by atoms with E-state index >= 15 is 0 Å². The molecule has 114 valence electrons. The Bertz CT molecular complexity index is 647. The average molecular weight is 289 g/mol. The highest BCUT2D eigenvalue weighted by Gasteiger charge is 2.08. The van der Waals surface area contributed by atoms with Crippen molar-refractivity contribution in [2.75, 3.05) is 13.7 Å². The van der Waals surface area contributed by atoms with Gasteiger partial charge in [-0.15, -0.1) is 0 Å². The summed E-state index contributed by atoms with van der Waals surface area (Å²) in [4.78, 5) is 8.95. The van der Waals surface area contributed by atoms with Gasteiger partial charge in [-0.05, 0) is 31.5 Å². The smallest absolute Gasteiger partial charge is 0.189 e. The quantitative estimate of drug-likeness (QED) is 0.643. The van der Waals surface area contributed by atoms with Crippen LogP contribution >= 0.6 is 0 Å². The molecule has 0 saturated carbocycles. The van der Waals surface area contributed by atoms with Crippen LogP contribution in [-0.2, 0) is 18.3 Å². The molecule has 2 rings (SSSR count). The van der Waals surface area contributed by atoms with Crippen LogP contribution in [0.3, 0.4) is 0 Å². The number of benzene rings is 1. The van der Waals surface area contributed by atoms with E-state index in [1.54, 1.807) is 7.11 Å². The minimum absolute atomic E-state index is 0.127. The summed E-state index contributed by atoms with van der Waals surface area (Å²) in [6, 6.07) is 6.36. The zero-order valence-corrected chi connectivity index (χ0v) is 13.1. The summed E-state index contributed by atoms with van der Waals surface area (Å²) in [5.41, 5.74) is 9.16. The van der Waals surface area contributed by atoms with Crippen LogP contribution < -0.4 is 11.1 Å². The van der Waals surface area contributed by atoms with Crippen LogP contribution in [0.2, 0.25) is 0 Å². The summed E-state index contributed by atoms with van der Waals surface area (Å²) in [6.07, 6.45) is 0. The number of rotatable bonds is 5. The lowest BCUT2D eigenvalue weighted by Gasteiger charge is -2.12. The molecule has 1 unspecified atom stereocenters. The number of fused-ring (bicyclic) bond motifs is 1. The first-order valence-corrected chi connectivity index (χ1v) is 6.98. The maximum Gasteiger partial charge on any atom is 0.189 e. The van der Waals surface area contributed by atoms with Crippen LogP contribution in [0.1, 0.15) is 18.3 Å². The van der Waals surface area contributed by atoms with Gasteiger partial charge in [0.05, 0.1) is 17.6 Å². The minimum atomic E-state index is 0.127. The second kappa shape index (κ2) is 6.58. The van der Waals surface area contributed by atoms with E-state index < -0.39 is 0 Å². The van der Waals surface area contributed by atoms with E-state index in [0.29, 0.717) is 19.1 Å². The minimum Gasteiger partial charge on any atom is -0.383 e. The fourth-order valence-corrected chi connectivity index (χ4v) is 2.25. The number of nitrogens with two attached hydrogens (primary N) is 1. The highest BCUT2D eigenvalue weighted by Crippen LogP contribution is 2.16. The van der Waals surface area contributed by atoms with E-state index in [1.165, 1.54) is 5.56 Å². The van der Waals surface area contributed by atoms with Crippen molar-refractivity contribution >= 4 is 17.0 Å². The third-order valence-electron chi connectivity index (χ3n) is 3.33. The number of methoxy groups -OCH3 is 1. The molecule has 1 atom stereocenters. The Balaban J connectivity index is 2.11. The lowest BCUT2D eigenvalue weighted by Crippen LogP contribution is -2.40. The van der Waals surface area contributed by atoms with Crippen molar-refractivity contribution in [1.29, 1.82) is 0 Å². The lowest BCUT2D eigenvalue weighted by molar-refractivity contribution is 0.179. The van der Waals surface area contributed by atoms with Crippen LogP contribution in [0.5, 0.6) is 0 Å². The molecule has 0 bridgehead atoms. The van der Waals surface area contributed by atoms with Crippen molar-refractivity contribution in [3.05, 3.63) is 29.6 Å². The van der Waals surface area contributed by atoms with Crippen molar-refractivity contribution in [2.24, 2.45) is 17.8 Å². The van der Waals surface area contributed by atoms with E-state index in [-0.39, 0.29) is 6.04 Å². The fourth-order valence-electron chi connectivity index (χ4n) is 2.25. The fraction of sp³-hybridized carbons (Fsp3) is 0.467. The number of aromatic nitrogens is 2. The number of ether oxygens (including phenoxy) is 1. The van der Waals surface area contributed by atoms with Crippen LogP contribution in [-0.4, -0.2) is 35.3 Å². The Morgan fingerprint density at radius 3 is 3.00 bits per heavy atom. The topological polar surface area (TPSA) is 77.5 Å². The molecule has 2 aromatic rings. The molecule has 1 aromatic heterocycles. The van der Waals surface area contributed by atoms with Crippen LogP contribution in [0.15, 0.2) is 23.2 Å². The standard InChI is InChI=1S/C15H23N5O/c1-10-5-6-13-12(7-10)19-14(20(13)3)8-17-15(16)18-11(2)9-21-4/h5-7,11H,8-9H2,1-4H3,(H3,16,17,18). The van der Waals surface area contributed by atoms with Gasteiger partial charge in [-0.1, -0.05) is 6.07 Å². The van der Waals surface area contributed by atoms with Gasteiger partial charge in [0.2, 0.25) is 0 Å². The Morgan fingerprint density at radius 2 is 2.29 bits per heavy atom. The lowest BCUT2D eigenvalue weighted by atomic mass is 10.2. The third-order valence-corrected chi connectivity index (χ3v) is 3.33. The Kier molecular flexibility index (Phi) is 4.80.